The molecule has 2 aromatic heterocycles. The van der Waals surface area contributed by atoms with Gasteiger partial charge in [0.25, 0.3) is 0 Å². The highest BCUT2D eigenvalue weighted by atomic mass is 19.1. The van der Waals surface area contributed by atoms with Gasteiger partial charge in [0.1, 0.15) is 11.4 Å². The lowest BCUT2D eigenvalue weighted by Crippen LogP contribution is -2.20. The minimum atomic E-state index is -0.296. The van der Waals surface area contributed by atoms with Crippen LogP contribution in [0.4, 0.5) is 10.1 Å². The van der Waals surface area contributed by atoms with Crippen LogP contribution in [0.15, 0.2) is 77.9 Å². The van der Waals surface area contributed by atoms with Crippen LogP contribution in [0.2, 0.25) is 0 Å². The van der Waals surface area contributed by atoms with E-state index in [1.165, 1.54) is 6.07 Å². The van der Waals surface area contributed by atoms with Gasteiger partial charge in [0.05, 0.1) is 31.4 Å². The molecule has 7 nitrogen and oxygen atoms in total. The molecule has 168 valence electrons. The monoisotopic (exact) mass is 445 g/mol. The minimum Gasteiger partial charge on any atom is -0.494 e. The number of alkyl halides is 1. The van der Waals surface area contributed by atoms with Crippen molar-refractivity contribution in [1.82, 2.24) is 19.6 Å². The molecule has 1 atom stereocenters. The fourth-order valence-electron chi connectivity index (χ4n) is 4.22. The van der Waals surface area contributed by atoms with Crippen LogP contribution in [0.3, 0.4) is 0 Å². The number of nitrogens with zero attached hydrogens (tertiary/aromatic N) is 5. The predicted molar refractivity (Wildman–Crippen MR) is 125 cm³/mol. The molecule has 4 aromatic rings. The molecule has 0 bridgehead atoms. The first kappa shape index (κ1) is 20.9. The zero-order valence-electron chi connectivity index (χ0n) is 18.3. The summed E-state index contributed by atoms with van der Waals surface area (Å²) in [6.45, 7) is 1.22. The van der Waals surface area contributed by atoms with Crippen LogP contribution < -0.4 is 15.1 Å². The normalized spacial score (nSPS) is 15.7. The van der Waals surface area contributed by atoms with Crippen LogP contribution >= 0.6 is 0 Å². The third-order valence-electron chi connectivity index (χ3n) is 5.97. The molecule has 0 N–H and O–H groups in total. The van der Waals surface area contributed by atoms with E-state index in [4.69, 9.17) is 4.74 Å². The molecule has 1 aliphatic heterocycles. The first-order valence-corrected chi connectivity index (χ1v) is 10.9. The van der Waals surface area contributed by atoms with Gasteiger partial charge in [0.15, 0.2) is 5.69 Å². The van der Waals surface area contributed by atoms with Crippen LogP contribution in [-0.2, 0) is 0 Å². The molecule has 1 saturated heterocycles. The molecule has 33 heavy (non-hydrogen) atoms. The SMILES string of the molecule is COc1cc(N2CCC(CF)C2)ccc1-n1ccc(=O)c(-c2ccnn2-c2ccccc2)n1. The lowest BCUT2D eigenvalue weighted by Gasteiger charge is -2.20. The van der Waals surface area contributed by atoms with Crippen molar-refractivity contribution in [3.8, 4) is 28.5 Å². The van der Waals surface area contributed by atoms with Crippen LogP contribution in [0.25, 0.3) is 22.8 Å². The highest BCUT2D eigenvalue weighted by molar-refractivity contribution is 5.61. The molecule has 5 rings (SSSR count). The van der Waals surface area contributed by atoms with E-state index in [0.717, 1.165) is 24.3 Å². The Morgan fingerprint density at radius 2 is 1.94 bits per heavy atom. The summed E-state index contributed by atoms with van der Waals surface area (Å²) in [5, 5.41) is 9.01. The van der Waals surface area contributed by atoms with Crippen LogP contribution in [-0.4, -0.2) is 46.4 Å². The number of anilines is 1. The van der Waals surface area contributed by atoms with Crippen LogP contribution in [0, 0.1) is 5.92 Å². The number of hydrogen-bond donors (Lipinski definition) is 0. The van der Waals surface area contributed by atoms with E-state index in [0.29, 0.717) is 23.7 Å². The van der Waals surface area contributed by atoms with Crippen molar-refractivity contribution in [2.75, 3.05) is 31.8 Å². The number of benzene rings is 2. The second-order valence-corrected chi connectivity index (χ2v) is 8.05. The summed E-state index contributed by atoms with van der Waals surface area (Å²) < 4.78 is 22.0. The van der Waals surface area contributed by atoms with Crippen molar-refractivity contribution in [2.24, 2.45) is 5.92 Å². The van der Waals surface area contributed by atoms with E-state index in [-0.39, 0.29) is 23.7 Å². The van der Waals surface area contributed by atoms with Crippen LogP contribution in [0.1, 0.15) is 6.42 Å². The maximum atomic E-state index is 13.0. The average Bonchev–Trinajstić information content (AvgIpc) is 3.55. The number of ether oxygens (including phenoxy) is 1. The van der Waals surface area contributed by atoms with E-state index in [1.54, 1.807) is 34.9 Å². The van der Waals surface area contributed by atoms with Gasteiger partial charge in [0.2, 0.25) is 5.43 Å². The summed E-state index contributed by atoms with van der Waals surface area (Å²) in [6.07, 6.45) is 4.12. The molecule has 8 heteroatoms. The van der Waals surface area contributed by atoms with Gasteiger partial charge in [-0.15, -0.1) is 0 Å². The number of hydrogen-bond acceptors (Lipinski definition) is 5. The highest BCUT2D eigenvalue weighted by Crippen LogP contribution is 2.31. The molecular weight excluding hydrogens is 421 g/mol. The van der Waals surface area contributed by atoms with E-state index < -0.39 is 0 Å². The van der Waals surface area contributed by atoms with Crippen molar-refractivity contribution in [3.63, 3.8) is 0 Å². The van der Waals surface area contributed by atoms with E-state index in [1.807, 2.05) is 48.5 Å². The van der Waals surface area contributed by atoms with Crippen molar-refractivity contribution in [3.05, 3.63) is 83.3 Å². The van der Waals surface area contributed by atoms with E-state index >= 15 is 0 Å². The average molecular weight is 445 g/mol. The summed E-state index contributed by atoms with van der Waals surface area (Å²) in [6, 6.07) is 18.7. The molecule has 3 heterocycles. The molecule has 2 aromatic carbocycles. The maximum Gasteiger partial charge on any atom is 0.209 e. The minimum absolute atomic E-state index is 0.0772. The smallest absolute Gasteiger partial charge is 0.209 e. The van der Waals surface area contributed by atoms with E-state index in [9.17, 15) is 9.18 Å². The third kappa shape index (κ3) is 4.00. The van der Waals surface area contributed by atoms with Crippen molar-refractivity contribution in [1.29, 1.82) is 0 Å². The molecule has 0 spiro atoms. The van der Waals surface area contributed by atoms with Gasteiger partial charge in [-0.25, -0.2) is 9.36 Å². The van der Waals surface area contributed by atoms with Gasteiger partial charge in [-0.05, 0) is 36.8 Å². The first-order valence-electron chi connectivity index (χ1n) is 10.9. The van der Waals surface area contributed by atoms with Gasteiger partial charge >= 0.3 is 0 Å². The lowest BCUT2D eigenvalue weighted by atomic mass is 10.1. The molecule has 1 fully saturated rings. The predicted octanol–water partition coefficient (Wildman–Crippen LogP) is 3.89. The largest absolute Gasteiger partial charge is 0.494 e. The Labute approximate surface area is 190 Å². The van der Waals surface area contributed by atoms with Crippen LogP contribution in [0.5, 0.6) is 5.75 Å². The highest BCUT2D eigenvalue weighted by Gasteiger charge is 2.23. The topological polar surface area (TPSA) is 65.2 Å². The summed E-state index contributed by atoms with van der Waals surface area (Å²) >= 11 is 0. The molecule has 0 amide bonds. The molecule has 1 aliphatic rings. The summed E-state index contributed by atoms with van der Waals surface area (Å²) in [4.78, 5) is 14.9. The van der Waals surface area contributed by atoms with Gasteiger partial charge in [-0.3, -0.25) is 9.18 Å². The van der Waals surface area contributed by atoms with Crippen molar-refractivity contribution in [2.45, 2.75) is 6.42 Å². The Kier molecular flexibility index (Phi) is 5.64. The Hall–Kier alpha value is -3.94. The molecule has 1 unspecified atom stereocenters. The van der Waals surface area contributed by atoms with Gasteiger partial charge in [0, 0.05) is 43.0 Å². The zero-order chi connectivity index (χ0) is 22.8. The molecule has 0 aliphatic carbocycles. The van der Waals surface area contributed by atoms with E-state index in [2.05, 4.69) is 15.1 Å². The fourth-order valence-corrected chi connectivity index (χ4v) is 4.22. The second kappa shape index (κ2) is 8.90. The lowest BCUT2D eigenvalue weighted by molar-refractivity contribution is 0.384. The Balaban J connectivity index is 1.53. The maximum absolute atomic E-state index is 13.0. The number of methoxy groups -OCH3 is 1. The number of para-hydroxylation sites is 1. The summed E-state index contributed by atoms with van der Waals surface area (Å²) in [5.41, 5.74) is 3.22. The van der Waals surface area contributed by atoms with Crippen molar-refractivity contribution >= 4 is 5.69 Å². The Bertz CT molecular complexity index is 1320. The summed E-state index contributed by atoms with van der Waals surface area (Å²) in [7, 11) is 1.60. The fraction of sp³-hybridized carbons (Fsp3) is 0.240. The first-order chi connectivity index (χ1) is 16.2. The number of rotatable bonds is 6. The van der Waals surface area contributed by atoms with Gasteiger partial charge < -0.3 is 9.64 Å². The van der Waals surface area contributed by atoms with Gasteiger partial charge in [-0.1, -0.05) is 18.2 Å². The Morgan fingerprint density at radius 3 is 2.70 bits per heavy atom. The Morgan fingerprint density at radius 1 is 1.09 bits per heavy atom. The molecule has 0 radical (unpaired) electrons. The second-order valence-electron chi connectivity index (χ2n) is 8.05. The summed E-state index contributed by atoms with van der Waals surface area (Å²) in [5.74, 6) is 0.697. The zero-order valence-corrected chi connectivity index (χ0v) is 18.3. The van der Waals surface area contributed by atoms with Gasteiger partial charge in [-0.2, -0.15) is 10.2 Å². The number of aromatic nitrogens is 4. The third-order valence-corrected chi connectivity index (χ3v) is 5.97. The molecular formula is C25H24FN5O2. The molecule has 0 saturated carbocycles. The van der Waals surface area contributed by atoms with Crippen molar-refractivity contribution < 1.29 is 9.13 Å². The standard InChI is InChI=1S/C25H24FN5O2/c1-33-24-15-20(29-13-10-18(16-26)17-29)7-8-21(24)30-14-11-23(32)25(28-30)22-9-12-27-31(22)19-5-3-2-4-6-19/h2-9,11-12,14-15,18H,10,13,16-17H2,1H3. The number of halogens is 1. The quantitative estimate of drug-likeness (QED) is 0.451.